The highest BCUT2D eigenvalue weighted by Crippen LogP contribution is 1.89. The van der Waals surface area contributed by atoms with Crippen LogP contribution in [0.15, 0.2) is 0 Å². The number of nitrogens with zero attached hydrogens (tertiary/aromatic N) is 1. The Morgan fingerprint density at radius 2 is 1.94 bits per heavy atom. The lowest BCUT2D eigenvalue weighted by Crippen LogP contribution is -2.42. The van der Waals surface area contributed by atoms with Crippen LogP contribution in [0, 0.1) is 0 Å². The zero-order valence-corrected chi connectivity index (χ0v) is 11.1. The van der Waals surface area contributed by atoms with Gasteiger partial charge in [0.05, 0.1) is 12.6 Å². The monoisotopic (exact) mass is 245 g/mol. The third-order valence-corrected chi connectivity index (χ3v) is 2.24. The van der Waals surface area contributed by atoms with Crippen molar-refractivity contribution in [1.82, 2.24) is 15.5 Å². The largest absolute Gasteiger partial charge is 0.383 e. The van der Waals surface area contributed by atoms with Gasteiger partial charge < -0.3 is 20.3 Å². The molecule has 2 N–H and O–H groups in total. The van der Waals surface area contributed by atoms with Gasteiger partial charge in [-0.1, -0.05) is 0 Å². The van der Waals surface area contributed by atoms with Gasteiger partial charge in [-0.15, -0.1) is 0 Å². The average Bonchev–Trinajstić information content (AvgIpc) is 2.28. The Morgan fingerprint density at radius 1 is 1.29 bits per heavy atom. The van der Waals surface area contributed by atoms with E-state index in [1.54, 1.807) is 28.1 Å². The van der Waals surface area contributed by atoms with E-state index in [0.29, 0.717) is 26.1 Å². The maximum absolute atomic E-state index is 11.5. The molecule has 6 nitrogen and oxygen atoms in total. The molecule has 0 aliphatic carbocycles. The summed E-state index contributed by atoms with van der Waals surface area (Å²) in [6, 6.07) is -0.267. The molecule has 0 bridgehead atoms. The van der Waals surface area contributed by atoms with Gasteiger partial charge in [0, 0.05) is 40.7 Å². The third kappa shape index (κ3) is 7.70. The third-order valence-electron chi connectivity index (χ3n) is 2.24. The van der Waals surface area contributed by atoms with Gasteiger partial charge in [-0.3, -0.25) is 9.59 Å². The van der Waals surface area contributed by atoms with Crippen molar-refractivity contribution < 1.29 is 14.3 Å². The van der Waals surface area contributed by atoms with E-state index in [9.17, 15) is 9.59 Å². The van der Waals surface area contributed by atoms with Gasteiger partial charge >= 0.3 is 0 Å². The summed E-state index contributed by atoms with van der Waals surface area (Å²) in [5, 5.41) is 5.71. The molecule has 0 saturated carbocycles. The molecule has 0 aliphatic rings. The Labute approximate surface area is 103 Å². The topological polar surface area (TPSA) is 70.7 Å². The van der Waals surface area contributed by atoms with Crippen LogP contribution in [0.1, 0.15) is 13.3 Å². The molecule has 0 saturated heterocycles. The summed E-state index contributed by atoms with van der Waals surface area (Å²) < 4.78 is 4.81. The van der Waals surface area contributed by atoms with E-state index >= 15 is 0 Å². The summed E-state index contributed by atoms with van der Waals surface area (Å²) >= 11 is 0. The molecule has 0 fully saturated rings. The number of carbonyl (C=O) groups excluding carboxylic acids is 2. The van der Waals surface area contributed by atoms with Crippen LogP contribution >= 0.6 is 0 Å². The summed E-state index contributed by atoms with van der Waals surface area (Å²) in [5.74, 6) is -0.0381. The predicted molar refractivity (Wildman–Crippen MR) is 65.7 cm³/mol. The smallest absolute Gasteiger partial charge is 0.238 e. The summed E-state index contributed by atoms with van der Waals surface area (Å²) in [7, 11) is 5.00. The van der Waals surface area contributed by atoms with Crippen LogP contribution in [0.25, 0.3) is 0 Å². The summed E-state index contributed by atoms with van der Waals surface area (Å²) in [5.41, 5.74) is 0. The van der Waals surface area contributed by atoms with Gasteiger partial charge in [0.15, 0.2) is 0 Å². The van der Waals surface area contributed by atoms with Gasteiger partial charge in [-0.05, 0) is 6.92 Å². The molecule has 0 aromatic heterocycles. The number of amides is 2. The Bertz CT molecular complexity index is 244. The van der Waals surface area contributed by atoms with Crippen LogP contribution in [0.4, 0.5) is 0 Å². The molecule has 1 atom stereocenters. The zero-order chi connectivity index (χ0) is 13.3. The standard InChI is InChI=1S/C11H23N3O3/c1-9(11(16)14(2)3)12-6-5-10(15)13-7-8-17-4/h9,12H,5-8H2,1-4H3,(H,13,15). The minimum absolute atomic E-state index is 0.00444. The van der Waals surface area contributed by atoms with E-state index in [0.717, 1.165) is 0 Å². The number of nitrogens with one attached hydrogen (secondary N) is 2. The summed E-state index contributed by atoms with van der Waals surface area (Å²) in [6.07, 6.45) is 0.356. The molecule has 1 unspecified atom stereocenters. The maximum Gasteiger partial charge on any atom is 0.238 e. The zero-order valence-electron chi connectivity index (χ0n) is 11.1. The average molecular weight is 245 g/mol. The van der Waals surface area contributed by atoms with Gasteiger partial charge in [-0.2, -0.15) is 0 Å². The molecular formula is C11H23N3O3. The van der Waals surface area contributed by atoms with Gasteiger partial charge in [-0.25, -0.2) is 0 Å². The molecule has 0 radical (unpaired) electrons. The minimum Gasteiger partial charge on any atom is -0.383 e. The first-order valence-corrected chi connectivity index (χ1v) is 5.69. The molecule has 2 amide bonds. The maximum atomic E-state index is 11.5. The SMILES string of the molecule is COCCNC(=O)CCNC(C)C(=O)N(C)C. The van der Waals surface area contributed by atoms with Crippen molar-refractivity contribution in [2.45, 2.75) is 19.4 Å². The molecule has 6 heteroatoms. The summed E-state index contributed by atoms with van der Waals surface area (Å²) in [4.78, 5) is 24.3. The lowest BCUT2D eigenvalue weighted by atomic mass is 10.3. The molecule has 0 aliphatic heterocycles. The van der Waals surface area contributed by atoms with Gasteiger partial charge in [0.25, 0.3) is 0 Å². The molecular weight excluding hydrogens is 222 g/mol. The highest BCUT2D eigenvalue weighted by atomic mass is 16.5. The Kier molecular flexibility index (Phi) is 8.35. The first kappa shape index (κ1) is 15.9. The molecule has 0 spiro atoms. The molecule has 0 heterocycles. The van der Waals surface area contributed by atoms with Crippen LogP contribution in [-0.2, 0) is 14.3 Å². The second-order valence-electron chi connectivity index (χ2n) is 4.00. The molecule has 0 aromatic carbocycles. The summed E-state index contributed by atoms with van der Waals surface area (Å²) in [6.45, 7) is 3.29. The quantitative estimate of drug-likeness (QED) is 0.550. The highest BCUT2D eigenvalue weighted by molar-refractivity contribution is 5.81. The van der Waals surface area contributed by atoms with Crippen molar-refractivity contribution in [2.75, 3.05) is 40.9 Å². The van der Waals surface area contributed by atoms with Crippen molar-refractivity contribution >= 4 is 11.8 Å². The van der Waals surface area contributed by atoms with E-state index in [1.165, 1.54) is 4.90 Å². The van der Waals surface area contributed by atoms with Crippen molar-refractivity contribution in [1.29, 1.82) is 0 Å². The highest BCUT2D eigenvalue weighted by Gasteiger charge is 2.13. The van der Waals surface area contributed by atoms with Crippen molar-refractivity contribution in [3.05, 3.63) is 0 Å². The number of rotatable bonds is 8. The molecule has 100 valence electrons. The van der Waals surface area contributed by atoms with Gasteiger partial charge in [0.2, 0.25) is 11.8 Å². The van der Waals surface area contributed by atoms with E-state index in [-0.39, 0.29) is 17.9 Å². The van der Waals surface area contributed by atoms with Crippen molar-refractivity contribution in [3.8, 4) is 0 Å². The van der Waals surface area contributed by atoms with Crippen molar-refractivity contribution in [2.24, 2.45) is 0 Å². The number of likely N-dealkylation sites (N-methyl/N-ethyl adjacent to an activating group) is 1. The van der Waals surface area contributed by atoms with Crippen LogP contribution < -0.4 is 10.6 Å². The Hall–Kier alpha value is -1.14. The predicted octanol–water partition coefficient (Wildman–Crippen LogP) is -0.795. The van der Waals surface area contributed by atoms with E-state index in [2.05, 4.69) is 10.6 Å². The van der Waals surface area contributed by atoms with E-state index in [1.807, 2.05) is 0 Å². The molecule has 0 aromatic rings. The van der Waals surface area contributed by atoms with Crippen LogP contribution in [0.3, 0.4) is 0 Å². The van der Waals surface area contributed by atoms with Gasteiger partial charge in [0.1, 0.15) is 0 Å². The Balaban J connectivity index is 3.62. The number of carbonyl (C=O) groups is 2. The first-order chi connectivity index (χ1) is 7.99. The van der Waals surface area contributed by atoms with Crippen molar-refractivity contribution in [3.63, 3.8) is 0 Å². The Morgan fingerprint density at radius 3 is 2.47 bits per heavy atom. The second-order valence-corrected chi connectivity index (χ2v) is 4.00. The van der Waals surface area contributed by atoms with E-state index in [4.69, 9.17) is 4.74 Å². The number of hydrogen-bond acceptors (Lipinski definition) is 4. The van der Waals surface area contributed by atoms with Crippen LogP contribution in [0.2, 0.25) is 0 Å². The lowest BCUT2D eigenvalue weighted by Gasteiger charge is -2.17. The number of methoxy groups -OCH3 is 1. The minimum atomic E-state index is -0.267. The first-order valence-electron chi connectivity index (χ1n) is 5.69. The normalized spacial score (nSPS) is 12.0. The van der Waals surface area contributed by atoms with E-state index < -0.39 is 0 Å². The molecule has 0 rings (SSSR count). The molecule has 17 heavy (non-hydrogen) atoms. The number of ether oxygens (including phenoxy) is 1. The fraction of sp³-hybridized carbons (Fsp3) is 0.818. The fourth-order valence-electron chi connectivity index (χ4n) is 1.26. The second kappa shape index (κ2) is 8.95. The lowest BCUT2D eigenvalue weighted by molar-refractivity contribution is -0.130. The number of hydrogen-bond donors (Lipinski definition) is 2. The fourth-order valence-corrected chi connectivity index (χ4v) is 1.26. The van der Waals surface area contributed by atoms with Crippen LogP contribution in [0.5, 0.6) is 0 Å². The van der Waals surface area contributed by atoms with Crippen LogP contribution in [-0.4, -0.2) is 63.7 Å².